The fourth-order valence-corrected chi connectivity index (χ4v) is 5.41. The van der Waals surface area contributed by atoms with Crippen molar-refractivity contribution in [1.29, 1.82) is 0 Å². The Bertz CT molecular complexity index is 1360. The molecule has 0 atom stereocenters. The van der Waals surface area contributed by atoms with E-state index in [2.05, 4.69) is 66.9 Å². The minimum atomic E-state index is -0.0730. The predicted molar refractivity (Wildman–Crippen MR) is 135 cm³/mol. The van der Waals surface area contributed by atoms with E-state index in [0.717, 1.165) is 28.3 Å². The monoisotopic (exact) mass is 440 g/mol. The van der Waals surface area contributed by atoms with Crippen molar-refractivity contribution in [2.24, 2.45) is 0 Å². The van der Waals surface area contributed by atoms with E-state index in [0.29, 0.717) is 9.23 Å². The topological polar surface area (TPSA) is 25.2 Å². The van der Waals surface area contributed by atoms with Gasteiger partial charge in [0, 0.05) is 16.8 Å². The lowest BCUT2D eigenvalue weighted by Gasteiger charge is -2.14. The van der Waals surface area contributed by atoms with Gasteiger partial charge in [-0.25, -0.2) is 0 Å². The summed E-state index contributed by atoms with van der Waals surface area (Å²) < 4.78 is 2.82. The molecular weight excluding hydrogens is 420 g/mol. The van der Waals surface area contributed by atoms with E-state index in [-0.39, 0.29) is 5.91 Å². The fourth-order valence-electron chi connectivity index (χ4n) is 4.12. The molecule has 0 radical (unpaired) electrons. The molecule has 31 heavy (non-hydrogen) atoms. The zero-order chi connectivity index (χ0) is 21.5. The van der Waals surface area contributed by atoms with Gasteiger partial charge in [0.1, 0.15) is 0 Å². The molecule has 1 saturated heterocycles. The van der Waals surface area contributed by atoms with Crippen molar-refractivity contribution >= 4 is 56.7 Å². The van der Waals surface area contributed by atoms with Crippen molar-refractivity contribution in [2.75, 3.05) is 4.90 Å². The Kier molecular flexibility index (Phi) is 5.00. The van der Waals surface area contributed by atoms with Crippen LogP contribution in [-0.4, -0.2) is 14.8 Å². The van der Waals surface area contributed by atoms with E-state index in [4.69, 9.17) is 12.2 Å². The molecule has 4 aromatic rings. The third kappa shape index (κ3) is 3.40. The lowest BCUT2D eigenvalue weighted by Crippen LogP contribution is -2.27. The fraction of sp³-hybridized carbons (Fsp3) is 0.0769. The molecule has 152 valence electrons. The van der Waals surface area contributed by atoms with E-state index in [1.165, 1.54) is 22.5 Å². The third-order valence-corrected chi connectivity index (χ3v) is 6.87. The van der Waals surface area contributed by atoms with Crippen LogP contribution in [0.1, 0.15) is 17.0 Å². The molecule has 5 heteroatoms. The number of aromatic nitrogens is 1. The second-order valence-corrected chi connectivity index (χ2v) is 9.19. The first-order valence-electron chi connectivity index (χ1n) is 10.0. The molecule has 1 fully saturated rings. The summed E-state index contributed by atoms with van der Waals surface area (Å²) in [5.74, 6) is -0.0730. The van der Waals surface area contributed by atoms with Crippen LogP contribution in [-0.2, 0) is 4.79 Å². The van der Waals surface area contributed by atoms with Crippen molar-refractivity contribution in [2.45, 2.75) is 13.8 Å². The molecule has 0 bridgehead atoms. The SMILES string of the molecule is Cc1cc(/C=C2/SC(=S)N(c3ccccc3)C2=O)c(C)n1-c1cccc2ccccc12. The van der Waals surface area contributed by atoms with Crippen LogP contribution in [0.4, 0.5) is 5.69 Å². The molecule has 0 unspecified atom stereocenters. The number of rotatable bonds is 3. The number of hydrogen-bond donors (Lipinski definition) is 0. The van der Waals surface area contributed by atoms with Crippen LogP contribution in [0.5, 0.6) is 0 Å². The number of benzene rings is 3. The van der Waals surface area contributed by atoms with E-state index in [1.807, 2.05) is 36.4 Å². The summed E-state index contributed by atoms with van der Waals surface area (Å²) in [5, 5.41) is 2.41. The molecule has 1 amide bonds. The first-order chi connectivity index (χ1) is 15.0. The van der Waals surface area contributed by atoms with E-state index < -0.39 is 0 Å². The second-order valence-electron chi connectivity index (χ2n) is 7.51. The van der Waals surface area contributed by atoms with Crippen molar-refractivity contribution in [3.8, 4) is 5.69 Å². The molecule has 1 aromatic heterocycles. The summed E-state index contributed by atoms with van der Waals surface area (Å²) in [6.07, 6.45) is 1.96. The summed E-state index contributed by atoms with van der Waals surface area (Å²) in [5.41, 5.74) is 5.19. The minimum absolute atomic E-state index is 0.0730. The minimum Gasteiger partial charge on any atom is -0.317 e. The highest BCUT2D eigenvalue weighted by Gasteiger charge is 2.33. The number of carbonyl (C=O) groups is 1. The second kappa shape index (κ2) is 7.84. The molecule has 0 aliphatic carbocycles. The van der Waals surface area contributed by atoms with Crippen LogP contribution in [0, 0.1) is 13.8 Å². The zero-order valence-electron chi connectivity index (χ0n) is 17.2. The molecule has 0 spiro atoms. The Morgan fingerprint density at radius 1 is 0.903 bits per heavy atom. The Hall–Kier alpha value is -3.15. The maximum absolute atomic E-state index is 13.1. The smallest absolute Gasteiger partial charge is 0.270 e. The van der Waals surface area contributed by atoms with Crippen molar-refractivity contribution in [3.63, 3.8) is 0 Å². The number of hydrogen-bond acceptors (Lipinski definition) is 3. The van der Waals surface area contributed by atoms with Gasteiger partial charge in [-0.3, -0.25) is 9.69 Å². The van der Waals surface area contributed by atoms with E-state index in [9.17, 15) is 4.79 Å². The van der Waals surface area contributed by atoms with Gasteiger partial charge in [0.05, 0.1) is 16.3 Å². The summed E-state index contributed by atoms with van der Waals surface area (Å²) in [4.78, 5) is 15.4. The average molecular weight is 441 g/mol. The number of nitrogens with zero attached hydrogens (tertiary/aromatic N) is 2. The average Bonchev–Trinajstić information content (AvgIpc) is 3.22. The maximum Gasteiger partial charge on any atom is 0.270 e. The normalized spacial score (nSPS) is 15.4. The molecule has 3 nitrogen and oxygen atoms in total. The van der Waals surface area contributed by atoms with E-state index in [1.54, 1.807) is 4.90 Å². The molecule has 2 heterocycles. The molecule has 3 aromatic carbocycles. The Morgan fingerprint density at radius 3 is 2.42 bits per heavy atom. The van der Waals surface area contributed by atoms with Gasteiger partial charge in [0.15, 0.2) is 4.32 Å². The maximum atomic E-state index is 13.1. The highest BCUT2D eigenvalue weighted by atomic mass is 32.2. The Morgan fingerprint density at radius 2 is 1.61 bits per heavy atom. The van der Waals surface area contributed by atoms with Crippen molar-refractivity contribution < 1.29 is 4.79 Å². The molecule has 0 saturated carbocycles. The molecule has 5 rings (SSSR count). The van der Waals surface area contributed by atoms with Gasteiger partial charge in [-0.15, -0.1) is 0 Å². The van der Waals surface area contributed by atoms with Gasteiger partial charge in [0.25, 0.3) is 5.91 Å². The largest absolute Gasteiger partial charge is 0.317 e. The summed E-state index contributed by atoms with van der Waals surface area (Å²) in [6.45, 7) is 4.19. The van der Waals surface area contributed by atoms with Crippen LogP contribution in [0.15, 0.2) is 83.8 Å². The van der Waals surface area contributed by atoms with Crippen LogP contribution in [0.3, 0.4) is 0 Å². The standard InChI is InChI=1S/C26H20N2OS2/c1-17-15-20(16-24-25(29)28(26(30)31-24)21-11-4-3-5-12-21)18(2)27(17)23-14-8-10-19-9-6-7-13-22(19)23/h3-16H,1-2H3/b24-16+. The van der Waals surface area contributed by atoms with Gasteiger partial charge >= 0.3 is 0 Å². The predicted octanol–water partition coefficient (Wildman–Crippen LogP) is 6.65. The van der Waals surface area contributed by atoms with Crippen LogP contribution in [0.25, 0.3) is 22.5 Å². The summed E-state index contributed by atoms with van der Waals surface area (Å²) in [6, 6.07) is 26.4. The zero-order valence-corrected chi connectivity index (χ0v) is 18.8. The Balaban J connectivity index is 1.57. The van der Waals surface area contributed by atoms with Crippen LogP contribution < -0.4 is 4.90 Å². The van der Waals surface area contributed by atoms with Gasteiger partial charge < -0.3 is 4.57 Å². The molecule has 0 N–H and O–H groups in total. The number of carbonyl (C=O) groups excluding carboxylic acids is 1. The number of thiocarbonyl (C=S) groups is 1. The van der Waals surface area contributed by atoms with E-state index >= 15 is 0 Å². The third-order valence-electron chi connectivity index (χ3n) is 5.57. The van der Waals surface area contributed by atoms with Crippen molar-refractivity contribution in [3.05, 3.63) is 101 Å². The Labute approximate surface area is 191 Å². The first kappa shape index (κ1) is 19.8. The highest BCUT2D eigenvalue weighted by Crippen LogP contribution is 2.37. The van der Waals surface area contributed by atoms with Gasteiger partial charge in [-0.05, 0) is 55.1 Å². The lowest BCUT2D eigenvalue weighted by atomic mass is 10.1. The summed E-state index contributed by atoms with van der Waals surface area (Å²) >= 11 is 6.86. The molecule has 1 aliphatic heterocycles. The van der Waals surface area contributed by atoms with Crippen molar-refractivity contribution in [1.82, 2.24) is 4.57 Å². The molecule has 1 aliphatic rings. The first-order valence-corrected chi connectivity index (χ1v) is 11.3. The number of fused-ring (bicyclic) bond motifs is 1. The van der Waals surface area contributed by atoms with Crippen LogP contribution >= 0.6 is 24.0 Å². The number of anilines is 1. The lowest BCUT2D eigenvalue weighted by molar-refractivity contribution is -0.113. The van der Waals surface area contributed by atoms with Gasteiger partial charge in [0.2, 0.25) is 0 Å². The number of aryl methyl sites for hydroxylation is 1. The summed E-state index contributed by atoms with van der Waals surface area (Å²) in [7, 11) is 0. The number of para-hydroxylation sites is 1. The number of amides is 1. The van der Waals surface area contributed by atoms with Gasteiger partial charge in [-0.2, -0.15) is 0 Å². The highest BCUT2D eigenvalue weighted by molar-refractivity contribution is 8.27. The molecular formula is C26H20N2OS2. The number of thioether (sulfide) groups is 1. The van der Waals surface area contributed by atoms with Gasteiger partial charge in [-0.1, -0.05) is 78.6 Å². The van der Waals surface area contributed by atoms with Crippen LogP contribution in [0.2, 0.25) is 0 Å². The quantitative estimate of drug-likeness (QED) is 0.263.